The second-order valence-corrected chi connectivity index (χ2v) is 4.39. The van der Waals surface area contributed by atoms with Crippen LogP contribution in [0, 0.1) is 0 Å². The van der Waals surface area contributed by atoms with Gasteiger partial charge in [-0.05, 0) is 49.5 Å². The number of allylic oxidation sites excluding steroid dienone is 4. The highest BCUT2D eigenvalue weighted by Gasteiger charge is 2.18. The fourth-order valence-electron chi connectivity index (χ4n) is 2.25. The van der Waals surface area contributed by atoms with Crippen molar-refractivity contribution in [3.05, 3.63) is 52.1 Å². The molecule has 1 heteroatoms. The van der Waals surface area contributed by atoms with Gasteiger partial charge in [-0.3, -0.25) is 4.79 Å². The highest BCUT2D eigenvalue weighted by Crippen LogP contribution is 2.38. The molecule has 16 heavy (non-hydrogen) atoms. The summed E-state index contributed by atoms with van der Waals surface area (Å²) < 4.78 is 0. The van der Waals surface area contributed by atoms with E-state index in [1.54, 1.807) is 0 Å². The third-order valence-electron chi connectivity index (χ3n) is 3.51. The molecule has 0 N–H and O–H groups in total. The second-order valence-electron chi connectivity index (χ2n) is 4.39. The molecule has 0 heterocycles. The van der Waals surface area contributed by atoms with Crippen LogP contribution >= 0.6 is 0 Å². The second kappa shape index (κ2) is 4.09. The summed E-state index contributed by atoms with van der Waals surface area (Å²) in [7, 11) is 0. The van der Waals surface area contributed by atoms with Crippen LogP contribution in [0.15, 0.2) is 41.0 Å². The smallest absolute Gasteiger partial charge is 0.150 e. The van der Waals surface area contributed by atoms with Gasteiger partial charge in [-0.15, -0.1) is 0 Å². The molecule has 0 amide bonds. The van der Waals surface area contributed by atoms with Crippen LogP contribution in [0.5, 0.6) is 0 Å². The van der Waals surface area contributed by atoms with Crippen LogP contribution in [-0.2, 0) is 0 Å². The molecule has 1 aliphatic carbocycles. The van der Waals surface area contributed by atoms with Crippen molar-refractivity contribution in [3.63, 3.8) is 0 Å². The van der Waals surface area contributed by atoms with Crippen LogP contribution in [0.25, 0.3) is 5.57 Å². The topological polar surface area (TPSA) is 17.1 Å². The number of carbonyl (C=O) groups excluding carboxylic acids is 1. The van der Waals surface area contributed by atoms with Gasteiger partial charge in [0.25, 0.3) is 0 Å². The van der Waals surface area contributed by atoms with Crippen molar-refractivity contribution >= 4 is 11.9 Å². The van der Waals surface area contributed by atoms with Crippen LogP contribution in [0.3, 0.4) is 0 Å². The van der Waals surface area contributed by atoms with Gasteiger partial charge < -0.3 is 0 Å². The van der Waals surface area contributed by atoms with E-state index in [1.807, 2.05) is 24.3 Å². The molecule has 1 aliphatic rings. The van der Waals surface area contributed by atoms with Crippen molar-refractivity contribution in [1.29, 1.82) is 0 Å². The van der Waals surface area contributed by atoms with E-state index >= 15 is 0 Å². The van der Waals surface area contributed by atoms with Crippen molar-refractivity contribution < 1.29 is 4.79 Å². The quantitative estimate of drug-likeness (QED) is 0.677. The molecule has 0 aliphatic heterocycles. The van der Waals surface area contributed by atoms with E-state index < -0.39 is 0 Å². The average Bonchev–Trinajstić information content (AvgIpc) is 2.57. The Morgan fingerprint density at radius 2 is 1.75 bits per heavy atom. The fourth-order valence-corrected chi connectivity index (χ4v) is 2.25. The Morgan fingerprint density at radius 3 is 2.31 bits per heavy atom. The van der Waals surface area contributed by atoms with E-state index in [0.717, 1.165) is 23.8 Å². The Bertz CT molecular complexity index is 504. The maximum Gasteiger partial charge on any atom is 0.150 e. The van der Waals surface area contributed by atoms with Gasteiger partial charge in [0.15, 0.2) is 6.29 Å². The van der Waals surface area contributed by atoms with Crippen molar-refractivity contribution in [3.8, 4) is 0 Å². The summed E-state index contributed by atoms with van der Waals surface area (Å²) in [6.45, 7) is 6.46. The summed E-state index contributed by atoms with van der Waals surface area (Å²) in [6, 6.07) is 7.82. The molecule has 2 rings (SSSR count). The maximum absolute atomic E-state index is 11.0. The van der Waals surface area contributed by atoms with Gasteiger partial charge in [0, 0.05) is 5.56 Å². The van der Waals surface area contributed by atoms with Crippen molar-refractivity contribution in [2.45, 2.75) is 27.2 Å². The van der Waals surface area contributed by atoms with E-state index in [4.69, 9.17) is 0 Å². The summed E-state index contributed by atoms with van der Waals surface area (Å²) in [4.78, 5) is 11.0. The number of aldehydes is 1. The van der Waals surface area contributed by atoms with E-state index in [0.29, 0.717) is 0 Å². The zero-order valence-corrected chi connectivity index (χ0v) is 10.0. The van der Waals surface area contributed by atoms with Crippen LogP contribution in [0.4, 0.5) is 0 Å². The lowest BCUT2D eigenvalue weighted by Crippen LogP contribution is -1.92. The molecule has 0 radical (unpaired) electrons. The molecule has 0 fully saturated rings. The van der Waals surface area contributed by atoms with Gasteiger partial charge in [0.05, 0.1) is 0 Å². The molecule has 82 valence electrons. The number of carbonyl (C=O) groups is 1. The first-order valence-electron chi connectivity index (χ1n) is 5.56. The normalized spacial score (nSPS) is 15.9. The predicted octanol–water partition coefficient (Wildman–Crippen LogP) is 4.01. The zero-order valence-electron chi connectivity index (χ0n) is 10.0. The van der Waals surface area contributed by atoms with Gasteiger partial charge in [0.2, 0.25) is 0 Å². The lowest BCUT2D eigenvalue weighted by atomic mass is 9.96. The minimum atomic E-state index is 0.791. The first-order chi connectivity index (χ1) is 7.65. The summed E-state index contributed by atoms with van der Waals surface area (Å²) in [5.74, 6) is 0. The zero-order chi connectivity index (χ0) is 11.7. The predicted molar refractivity (Wildman–Crippen MR) is 67.4 cm³/mol. The number of rotatable bonds is 2. The Morgan fingerprint density at radius 1 is 1.06 bits per heavy atom. The first kappa shape index (κ1) is 10.9. The molecule has 0 saturated carbocycles. The molecular formula is C15H16O. The Hall–Kier alpha value is -1.63. The van der Waals surface area contributed by atoms with Gasteiger partial charge in [-0.25, -0.2) is 0 Å². The molecule has 0 atom stereocenters. The monoisotopic (exact) mass is 212 g/mol. The van der Waals surface area contributed by atoms with Crippen LogP contribution < -0.4 is 0 Å². The summed E-state index contributed by atoms with van der Waals surface area (Å²) >= 11 is 0. The number of benzene rings is 1. The summed E-state index contributed by atoms with van der Waals surface area (Å²) in [6.07, 6.45) is 1.92. The molecule has 0 spiro atoms. The number of hydrogen-bond acceptors (Lipinski definition) is 1. The Balaban J connectivity index is 2.53. The largest absolute Gasteiger partial charge is 0.298 e. The van der Waals surface area contributed by atoms with Crippen LogP contribution in [0.1, 0.15) is 43.1 Å². The third-order valence-corrected chi connectivity index (χ3v) is 3.51. The van der Waals surface area contributed by atoms with Crippen LogP contribution in [-0.4, -0.2) is 6.29 Å². The lowest BCUT2D eigenvalue weighted by molar-refractivity contribution is 0.112. The summed E-state index contributed by atoms with van der Waals surface area (Å²) in [5.41, 5.74) is 7.29. The van der Waals surface area contributed by atoms with E-state index in [-0.39, 0.29) is 0 Å². The molecular weight excluding hydrogens is 196 g/mol. The number of hydrogen-bond donors (Lipinski definition) is 0. The molecule has 0 bridgehead atoms. The molecule has 1 aromatic carbocycles. The fraction of sp³-hybridized carbons (Fsp3) is 0.267. The minimum Gasteiger partial charge on any atom is -0.298 e. The van der Waals surface area contributed by atoms with E-state index in [2.05, 4.69) is 20.8 Å². The molecule has 1 aromatic rings. The van der Waals surface area contributed by atoms with Crippen molar-refractivity contribution in [1.82, 2.24) is 0 Å². The Kier molecular flexibility index (Phi) is 2.78. The SMILES string of the molecule is CC1=C(C)C(C)=C(c2ccccc2C=O)C1. The molecule has 0 unspecified atom stereocenters. The maximum atomic E-state index is 11.0. The highest BCUT2D eigenvalue weighted by atomic mass is 16.1. The van der Waals surface area contributed by atoms with Gasteiger partial charge >= 0.3 is 0 Å². The van der Waals surface area contributed by atoms with E-state index in [9.17, 15) is 4.79 Å². The average molecular weight is 212 g/mol. The molecule has 1 nitrogen and oxygen atoms in total. The van der Waals surface area contributed by atoms with Crippen molar-refractivity contribution in [2.75, 3.05) is 0 Å². The van der Waals surface area contributed by atoms with E-state index in [1.165, 1.54) is 22.3 Å². The third kappa shape index (κ3) is 1.63. The van der Waals surface area contributed by atoms with Gasteiger partial charge in [0.1, 0.15) is 0 Å². The first-order valence-corrected chi connectivity index (χ1v) is 5.56. The van der Waals surface area contributed by atoms with Gasteiger partial charge in [-0.1, -0.05) is 29.8 Å². The lowest BCUT2D eigenvalue weighted by Gasteiger charge is -2.08. The minimum absolute atomic E-state index is 0.791. The summed E-state index contributed by atoms with van der Waals surface area (Å²) in [5, 5.41) is 0. The highest BCUT2D eigenvalue weighted by molar-refractivity contribution is 5.89. The van der Waals surface area contributed by atoms with Crippen LogP contribution in [0.2, 0.25) is 0 Å². The molecule has 0 aromatic heterocycles. The standard InChI is InChI=1S/C15H16O/c1-10-8-15(12(3)11(10)2)14-7-5-4-6-13(14)9-16/h4-7,9H,8H2,1-3H3. The van der Waals surface area contributed by atoms with Gasteiger partial charge in [-0.2, -0.15) is 0 Å². The van der Waals surface area contributed by atoms with Crippen molar-refractivity contribution in [2.24, 2.45) is 0 Å². The molecule has 0 saturated heterocycles. The Labute approximate surface area is 96.5 Å².